The lowest BCUT2D eigenvalue weighted by Crippen LogP contribution is -2.17. The standard InChI is InChI=1S/C7H10ClN2O4P/c1-14-7-3-2-5(4-6(7)8)9-10-15(11,12)13/h2-4,9H,1H3,(H3,10,11,12,13). The Hall–Kier alpha value is -0.780. The number of methoxy groups -OCH3 is 1. The van der Waals surface area contributed by atoms with E-state index in [2.05, 4.69) is 5.43 Å². The minimum Gasteiger partial charge on any atom is -0.495 e. The fourth-order valence-electron chi connectivity index (χ4n) is 0.882. The van der Waals surface area contributed by atoms with Crippen LogP contribution in [-0.2, 0) is 4.57 Å². The number of hydrazine groups is 1. The summed E-state index contributed by atoms with van der Waals surface area (Å²) in [5.74, 6) is 0.485. The zero-order chi connectivity index (χ0) is 11.5. The number of hydrogen-bond donors (Lipinski definition) is 4. The van der Waals surface area contributed by atoms with E-state index in [-0.39, 0.29) is 0 Å². The van der Waals surface area contributed by atoms with Crippen molar-refractivity contribution in [2.24, 2.45) is 0 Å². The molecule has 1 aromatic rings. The van der Waals surface area contributed by atoms with Gasteiger partial charge in [-0.2, -0.15) is 0 Å². The van der Waals surface area contributed by atoms with E-state index < -0.39 is 7.75 Å². The molecule has 0 fully saturated rings. The molecule has 6 nitrogen and oxygen atoms in total. The first-order valence-corrected chi connectivity index (χ1v) is 5.84. The van der Waals surface area contributed by atoms with E-state index in [9.17, 15) is 4.57 Å². The number of ether oxygens (including phenoxy) is 1. The van der Waals surface area contributed by atoms with Crippen LogP contribution in [0.25, 0.3) is 0 Å². The van der Waals surface area contributed by atoms with Gasteiger partial charge in [0.15, 0.2) is 0 Å². The molecule has 84 valence electrons. The predicted octanol–water partition coefficient (Wildman–Crippen LogP) is 1.36. The topological polar surface area (TPSA) is 90.8 Å². The molecule has 0 aromatic heterocycles. The largest absolute Gasteiger partial charge is 0.495 e. The van der Waals surface area contributed by atoms with Crippen LogP contribution >= 0.6 is 19.3 Å². The molecule has 0 heterocycles. The molecule has 1 rings (SSSR count). The van der Waals surface area contributed by atoms with Crippen LogP contribution in [0.15, 0.2) is 18.2 Å². The maximum Gasteiger partial charge on any atom is 0.417 e. The summed E-state index contributed by atoms with van der Waals surface area (Å²) in [6.07, 6.45) is 0. The lowest BCUT2D eigenvalue weighted by Gasteiger charge is -2.10. The molecule has 0 saturated carbocycles. The SMILES string of the molecule is COc1ccc(NNP(=O)(O)O)cc1Cl. The van der Waals surface area contributed by atoms with Crippen molar-refractivity contribution in [1.82, 2.24) is 5.20 Å². The normalized spacial score (nSPS) is 11.2. The number of benzene rings is 1. The van der Waals surface area contributed by atoms with Crippen molar-refractivity contribution in [2.45, 2.75) is 0 Å². The van der Waals surface area contributed by atoms with Gasteiger partial charge in [-0.15, -0.1) is 5.20 Å². The second-order valence-electron chi connectivity index (χ2n) is 2.63. The second-order valence-corrected chi connectivity index (χ2v) is 4.35. The molecule has 0 aliphatic heterocycles. The Morgan fingerprint density at radius 1 is 1.47 bits per heavy atom. The molecule has 0 radical (unpaired) electrons. The average Bonchev–Trinajstić information content (AvgIpc) is 2.14. The number of nitrogens with one attached hydrogen (secondary N) is 2. The Balaban J connectivity index is 2.72. The van der Waals surface area contributed by atoms with Crippen LogP contribution in [-0.4, -0.2) is 16.9 Å². The smallest absolute Gasteiger partial charge is 0.417 e. The molecule has 0 amide bonds. The van der Waals surface area contributed by atoms with Gasteiger partial charge in [0, 0.05) is 0 Å². The van der Waals surface area contributed by atoms with Crippen LogP contribution in [0.3, 0.4) is 0 Å². The molecule has 0 bridgehead atoms. The molecule has 0 aliphatic rings. The fourth-order valence-corrected chi connectivity index (χ4v) is 1.41. The van der Waals surface area contributed by atoms with Crippen molar-refractivity contribution in [1.29, 1.82) is 0 Å². The summed E-state index contributed by atoms with van der Waals surface area (Å²) in [7, 11) is -2.83. The van der Waals surface area contributed by atoms with E-state index in [4.69, 9.17) is 26.1 Å². The lowest BCUT2D eigenvalue weighted by molar-refractivity contribution is 0.362. The van der Waals surface area contributed by atoms with Crippen LogP contribution < -0.4 is 15.4 Å². The Morgan fingerprint density at radius 3 is 2.60 bits per heavy atom. The molecule has 4 N–H and O–H groups in total. The van der Waals surface area contributed by atoms with Crippen molar-refractivity contribution in [3.8, 4) is 5.75 Å². The highest BCUT2D eigenvalue weighted by molar-refractivity contribution is 7.49. The molecule has 0 unspecified atom stereocenters. The van der Waals surface area contributed by atoms with Crippen molar-refractivity contribution in [3.05, 3.63) is 23.2 Å². The van der Waals surface area contributed by atoms with Crippen LogP contribution in [0.4, 0.5) is 5.69 Å². The summed E-state index contributed by atoms with van der Waals surface area (Å²) in [4.78, 5) is 17.1. The van der Waals surface area contributed by atoms with Gasteiger partial charge in [-0.25, -0.2) is 4.57 Å². The third-order valence-electron chi connectivity index (χ3n) is 1.50. The Morgan fingerprint density at radius 2 is 2.13 bits per heavy atom. The average molecular weight is 253 g/mol. The lowest BCUT2D eigenvalue weighted by atomic mass is 10.3. The Labute approximate surface area is 91.4 Å². The third-order valence-corrected chi connectivity index (χ3v) is 2.20. The molecular weight excluding hydrogens is 243 g/mol. The summed E-state index contributed by atoms with van der Waals surface area (Å²) in [5.41, 5.74) is 2.74. The van der Waals surface area contributed by atoms with Crippen LogP contribution in [0, 0.1) is 0 Å². The zero-order valence-electron chi connectivity index (χ0n) is 7.77. The number of hydrogen-bond acceptors (Lipinski definition) is 3. The molecule has 0 atom stereocenters. The van der Waals surface area contributed by atoms with E-state index in [1.165, 1.54) is 13.2 Å². The molecule has 0 spiro atoms. The van der Waals surface area contributed by atoms with E-state index in [0.717, 1.165) is 0 Å². The van der Waals surface area contributed by atoms with E-state index in [0.29, 0.717) is 16.5 Å². The van der Waals surface area contributed by atoms with Gasteiger partial charge >= 0.3 is 7.75 Å². The zero-order valence-corrected chi connectivity index (χ0v) is 9.42. The maximum atomic E-state index is 10.5. The van der Waals surface area contributed by atoms with E-state index >= 15 is 0 Å². The van der Waals surface area contributed by atoms with Gasteiger partial charge in [0.25, 0.3) is 0 Å². The van der Waals surface area contributed by atoms with Gasteiger partial charge in [0.2, 0.25) is 0 Å². The highest BCUT2D eigenvalue weighted by Gasteiger charge is 2.11. The molecular formula is C7H10ClN2O4P. The molecule has 0 saturated heterocycles. The van der Waals surface area contributed by atoms with Gasteiger partial charge in [-0.1, -0.05) is 11.6 Å². The quantitative estimate of drug-likeness (QED) is 0.478. The van der Waals surface area contributed by atoms with Crippen molar-refractivity contribution in [2.75, 3.05) is 12.5 Å². The maximum absolute atomic E-state index is 10.5. The molecule has 8 heteroatoms. The summed E-state index contributed by atoms with van der Waals surface area (Å²) in [5, 5.41) is 2.16. The number of anilines is 1. The van der Waals surface area contributed by atoms with Crippen LogP contribution in [0.5, 0.6) is 5.75 Å². The first kappa shape index (κ1) is 12.3. The van der Waals surface area contributed by atoms with Crippen molar-refractivity contribution in [3.63, 3.8) is 0 Å². The summed E-state index contributed by atoms with van der Waals surface area (Å²) in [6.45, 7) is 0. The molecule has 15 heavy (non-hydrogen) atoms. The Bertz CT molecular complexity index is 395. The van der Waals surface area contributed by atoms with Gasteiger partial charge in [-0.3, -0.25) is 0 Å². The fraction of sp³-hybridized carbons (Fsp3) is 0.143. The number of rotatable bonds is 4. The van der Waals surface area contributed by atoms with Crippen LogP contribution in [0.1, 0.15) is 0 Å². The van der Waals surface area contributed by atoms with Crippen LogP contribution in [0.2, 0.25) is 5.02 Å². The summed E-state index contributed by atoms with van der Waals surface area (Å²) in [6, 6.07) is 4.61. The first-order chi connectivity index (χ1) is 6.92. The van der Waals surface area contributed by atoms with Gasteiger partial charge in [-0.05, 0) is 18.2 Å². The van der Waals surface area contributed by atoms with Gasteiger partial charge in [0.05, 0.1) is 17.8 Å². The van der Waals surface area contributed by atoms with Gasteiger partial charge in [0.1, 0.15) is 5.75 Å². The highest BCUT2D eigenvalue weighted by atomic mass is 35.5. The summed E-state index contributed by atoms with van der Waals surface area (Å²) < 4.78 is 15.4. The Kier molecular flexibility index (Phi) is 3.96. The molecule has 0 aliphatic carbocycles. The van der Waals surface area contributed by atoms with Gasteiger partial charge < -0.3 is 19.9 Å². The van der Waals surface area contributed by atoms with E-state index in [1.807, 2.05) is 5.20 Å². The summed E-state index contributed by atoms with van der Waals surface area (Å²) >= 11 is 5.79. The minimum atomic E-state index is -4.30. The van der Waals surface area contributed by atoms with E-state index in [1.54, 1.807) is 12.1 Å². The highest BCUT2D eigenvalue weighted by Crippen LogP contribution is 2.30. The molecule has 1 aromatic carbocycles. The van der Waals surface area contributed by atoms with Crippen molar-refractivity contribution < 1.29 is 19.1 Å². The number of halogens is 1. The second kappa shape index (κ2) is 4.83. The van der Waals surface area contributed by atoms with Crippen molar-refractivity contribution >= 4 is 25.0 Å². The first-order valence-electron chi connectivity index (χ1n) is 3.85. The predicted molar refractivity (Wildman–Crippen MR) is 56.8 cm³/mol. The third kappa shape index (κ3) is 4.07. The monoisotopic (exact) mass is 252 g/mol. The minimum absolute atomic E-state index is 0.343.